The van der Waals surface area contributed by atoms with Crippen molar-refractivity contribution in [1.29, 1.82) is 0 Å². The number of hydrogen-bond donors (Lipinski definition) is 2. The van der Waals surface area contributed by atoms with E-state index in [0.29, 0.717) is 42.1 Å². The molecule has 9 heteroatoms. The van der Waals surface area contributed by atoms with Gasteiger partial charge in [0.25, 0.3) is 5.91 Å². The molecule has 1 aromatic heterocycles. The summed E-state index contributed by atoms with van der Waals surface area (Å²) in [5, 5.41) is 7.84. The largest absolute Gasteiger partial charge is 0.352 e. The first-order chi connectivity index (χ1) is 15.9. The standard InChI is InChI=1S/C24H22F3N3O2S/c25-18-8-6-17(7-9-18)19(14-16-5-10-20(26)21(27)15-16)23(32)28-11-3-1-2-4-22(31)30-24-29-12-13-33-24/h5-10,12-15H,1-4,11H2,(H,28,32)(H,29,30,31)/b19-14-. The van der Waals surface area contributed by atoms with Crippen LogP contribution in [0.25, 0.3) is 11.6 Å². The van der Waals surface area contributed by atoms with Crippen LogP contribution in [0.5, 0.6) is 0 Å². The number of hydrogen-bond acceptors (Lipinski definition) is 4. The molecular weight excluding hydrogens is 451 g/mol. The van der Waals surface area contributed by atoms with Crippen molar-refractivity contribution in [3.63, 3.8) is 0 Å². The van der Waals surface area contributed by atoms with Gasteiger partial charge >= 0.3 is 0 Å². The van der Waals surface area contributed by atoms with Crippen LogP contribution < -0.4 is 10.6 Å². The van der Waals surface area contributed by atoms with Gasteiger partial charge in [-0.05, 0) is 54.3 Å². The van der Waals surface area contributed by atoms with Crippen molar-refractivity contribution in [2.45, 2.75) is 25.7 Å². The molecule has 0 fully saturated rings. The number of benzene rings is 2. The van der Waals surface area contributed by atoms with Gasteiger partial charge in [-0.3, -0.25) is 9.59 Å². The normalized spacial score (nSPS) is 11.3. The van der Waals surface area contributed by atoms with E-state index in [1.165, 1.54) is 47.7 Å². The van der Waals surface area contributed by atoms with Crippen molar-refractivity contribution in [2.24, 2.45) is 0 Å². The van der Waals surface area contributed by atoms with Crippen LogP contribution in [0.1, 0.15) is 36.8 Å². The fourth-order valence-electron chi connectivity index (χ4n) is 3.03. The molecule has 2 aromatic carbocycles. The third kappa shape index (κ3) is 7.57. The maximum atomic E-state index is 13.6. The first kappa shape index (κ1) is 24.2. The van der Waals surface area contributed by atoms with Crippen molar-refractivity contribution in [1.82, 2.24) is 10.3 Å². The monoisotopic (exact) mass is 473 g/mol. The number of carbonyl (C=O) groups excluding carboxylic acids is 2. The van der Waals surface area contributed by atoms with Crippen LogP contribution in [0.4, 0.5) is 18.3 Å². The van der Waals surface area contributed by atoms with Crippen molar-refractivity contribution >= 4 is 39.9 Å². The molecule has 5 nitrogen and oxygen atoms in total. The minimum Gasteiger partial charge on any atom is -0.352 e. The lowest BCUT2D eigenvalue weighted by molar-refractivity contribution is -0.117. The van der Waals surface area contributed by atoms with Gasteiger partial charge in [0.1, 0.15) is 5.82 Å². The van der Waals surface area contributed by atoms with Crippen molar-refractivity contribution in [3.05, 3.63) is 82.6 Å². The van der Waals surface area contributed by atoms with Crippen LogP contribution in [0.15, 0.2) is 54.0 Å². The molecule has 0 spiro atoms. The Morgan fingerprint density at radius 2 is 1.76 bits per heavy atom. The maximum absolute atomic E-state index is 13.6. The number of thiazole rings is 1. The summed E-state index contributed by atoms with van der Waals surface area (Å²) in [6, 6.07) is 8.65. The van der Waals surface area contributed by atoms with Gasteiger partial charge in [0.15, 0.2) is 16.8 Å². The maximum Gasteiger partial charge on any atom is 0.251 e. The molecule has 0 aliphatic heterocycles. The molecule has 3 rings (SSSR count). The highest BCUT2D eigenvalue weighted by Crippen LogP contribution is 2.21. The molecule has 3 aromatic rings. The number of halogens is 3. The molecule has 2 amide bonds. The summed E-state index contributed by atoms with van der Waals surface area (Å²) in [7, 11) is 0. The second kappa shape index (κ2) is 12.0. The van der Waals surface area contributed by atoms with E-state index in [1.807, 2.05) is 0 Å². The number of unbranched alkanes of at least 4 members (excludes halogenated alkanes) is 2. The van der Waals surface area contributed by atoms with Gasteiger partial charge in [0, 0.05) is 30.1 Å². The highest BCUT2D eigenvalue weighted by molar-refractivity contribution is 7.13. The Kier molecular flexibility index (Phi) is 8.77. The van der Waals surface area contributed by atoms with E-state index in [-0.39, 0.29) is 11.5 Å². The summed E-state index contributed by atoms with van der Waals surface area (Å²) in [4.78, 5) is 28.6. The van der Waals surface area contributed by atoms with Crippen LogP contribution in [0.3, 0.4) is 0 Å². The molecule has 1 heterocycles. The Labute approximate surface area is 193 Å². The highest BCUT2D eigenvalue weighted by Gasteiger charge is 2.13. The number of anilines is 1. The van der Waals surface area contributed by atoms with Crippen LogP contribution in [-0.2, 0) is 9.59 Å². The van der Waals surface area contributed by atoms with E-state index in [2.05, 4.69) is 15.6 Å². The number of nitrogens with zero attached hydrogens (tertiary/aromatic N) is 1. The molecule has 0 saturated carbocycles. The zero-order valence-corrected chi connectivity index (χ0v) is 18.4. The van der Waals surface area contributed by atoms with Crippen molar-refractivity contribution in [3.8, 4) is 0 Å². The Hall–Kier alpha value is -3.46. The third-order valence-electron chi connectivity index (χ3n) is 4.70. The number of nitrogens with one attached hydrogen (secondary N) is 2. The lowest BCUT2D eigenvalue weighted by Crippen LogP contribution is -2.25. The topological polar surface area (TPSA) is 71.1 Å². The lowest BCUT2D eigenvalue weighted by atomic mass is 10.0. The van der Waals surface area contributed by atoms with Gasteiger partial charge in [-0.1, -0.05) is 24.6 Å². The Bertz CT molecular complexity index is 1120. The predicted molar refractivity (Wildman–Crippen MR) is 123 cm³/mol. The smallest absolute Gasteiger partial charge is 0.251 e. The quantitative estimate of drug-likeness (QED) is 0.235. The Balaban J connectivity index is 1.54. The highest BCUT2D eigenvalue weighted by atomic mass is 32.1. The first-order valence-corrected chi connectivity index (χ1v) is 11.2. The minimum absolute atomic E-state index is 0.109. The number of carbonyl (C=O) groups is 2. The lowest BCUT2D eigenvalue weighted by Gasteiger charge is -2.10. The van der Waals surface area contributed by atoms with Crippen LogP contribution >= 0.6 is 11.3 Å². The van der Waals surface area contributed by atoms with Gasteiger partial charge in [-0.25, -0.2) is 18.2 Å². The summed E-state index contributed by atoms with van der Waals surface area (Å²) < 4.78 is 40.1. The van der Waals surface area contributed by atoms with Crippen LogP contribution in [0, 0.1) is 17.5 Å². The molecular formula is C24H22F3N3O2S. The van der Waals surface area contributed by atoms with Gasteiger partial charge in [0.05, 0.1) is 0 Å². The second-order valence-corrected chi connectivity index (χ2v) is 8.09. The predicted octanol–water partition coefficient (Wildman–Crippen LogP) is 5.42. The fourth-order valence-corrected chi connectivity index (χ4v) is 3.57. The van der Waals surface area contributed by atoms with Gasteiger partial charge < -0.3 is 10.6 Å². The van der Waals surface area contributed by atoms with Gasteiger partial charge in [-0.2, -0.15) is 0 Å². The molecule has 0 radical (unpaired) electrons. The summed E-state index contributed by atoms with van der Waals surface area (Å²) in [5.74, 6) is -3.00. The molecule has 0 unspecified atom stereocenters. The third-order valence-corrected chi connectivity index (χ3v) is 5.39. The van der Waals surface area contributed by atoms with E-state index in [9.17, 15) is 22.8 Å². The average molecular weight is 474 g/mol. The summed E-state index contributed by atoms with van der Waals surface area (Å²) in [5.41, 5.74) is 0.941. The molecule has 0 saturated heterocycles. The van der Waals surface area contributed by atoms with Crippen molar-refractivity contribution < 1.29 is 22.8 Å². The molecule has 0 aliphatic carbocycles. The minimum atomic E-state index is -1.03. The fraction of sp³-hybridized carbons (Fsp3) is 0.208. The molecule has 33 heavy (non-hydrogen) atoms. The van der Waals surface area contributed by atoms with E-state index in [4.69, 9.17) is 0 Å². The molecule has 0 atom stereocenters. The molecule has 172 valence electrons. The zero-order chi connectivity index (χ0) is 23.6. The first-order valence-electron chi connectivity index (χ1n) is 10.3. The molecule has 0 aliphatic rings. The van der Waals surface area contributed by atoms with E-state index >= 15 is 0 Å². The van der Waals surface area contributed by atoms with E-state index in [0.717, 1.165) is 18.6 Å². The van der Waals surface area contributed by atoms with Crippen LogP contribution in [-0.4, -0.2) is 23.3 Å². The zero-order valence-electron chi connectivity index (χ0n) is 17.6. The number of rotatable bonds is 10. The van der Waals surface area contributed by atoms with Crippen molar-refractivity contribution in [2.75, 3.05) is 11.9 Å². The van der Waals surface area contributed by atoms with Crippen LogP contribution in [0.2, 0.25) is 0 Å². The SMILES string of the molecule is O=C(CCCCCNC(=O)/C(=C\c1ccc(F)c(F)c1)c1ccc(F)cc1)Nc1nccs1. The van der Waals surface area contributed by atoms with E-state index < -0.39 is 23.4 Å². The number of aromatic nitrogens is 1. The summed E-state index contributed by atoms with van der Waals surface area (Å²) in [6.07, 6.45) is 5.42. The summed E-state index contributed by atoms with van der Waals surface area (Å²) in [6.45, 7) is 0.364. The van der Waals surface area contributed by atoms with Gasteiger partial charge in [-0.15, -0.1) is 11.3 Å². The van der Waals surface area contributed by atoms with Gasteiger partial charge in [0.2, 0.25) is 5.91 Å². The average Bonchev–Trinajstić information content (AvgIpc) is 3.30. The summed E-state index contributed by atoms with van der Waals surface area (Å²) >= 11 is 1.35. The van der Waals surface area contributed by atoms with E-state index in [1.54, 1.807) is 11.6 Å². The number of amides is 2. The Morgan fingerprint density at radius 3 is 2.45 bits per heavy atom. The Morgan fingerprint density at radius 1 is 0.970 bits per heavy atom. The molecule has 2 N–H and O–H groups in total. The molecule has 0 bridgehead atoms. The second-order valence-electron chi connectivity index (χ2n) is 7.19.